The van der Waals surface area contributed by atoms with Gasteiger partial charge in [0.1, 0.15) is 0 Å². The van der Waals surface area contributed by atoms with Crippen molar-refractivity contribution in [2.45, 2.75) is 11.3 Å². The monoisotopic (exact) mass is 489 g/mol. The van der Waals surface area contributed by atoms with Crippen LogP contribution in [-0.4, -0.2) is 34.8 Å². The smallest absolute Gasteiger partial charge is 0.262 e. The summed E-state index contributed by atoms with van der Waals surface area (Å²) in [6.45, 7) is 0.701. The number of hydrogen-bond donors (Lipinski definition) is 1. The first kappa shape index (κ1) is 22.4. The number of halogens is 1. The van der Waals surface area contributed by atoms with Gasteiger partial charge in [-0.1, -0.05) is 54.1 Å². The van der Waals surface area contributed by atoms with Crippen molar-refractivity contribution < 1.29 is 8.42 Å². The van der Waals surface area contributed by atoms with Gasteiger partial charge in [0.25, 0.3) is 10.0 Å². The van der Waals surface area contributed by atoms with Gasteiger partial charge in [0.2, 0.25) is 0 Å². The summed E-state index contributed by atoms with van der Waals surface area (Å²) in [7, 11) is 0.101. The minimum Gasteiger partial charge on any atom is -0.377 e. The molecule has 1 N–H and O–H groups in total. The van der Waals surface area contributed by atoms with E-state index in [0.29, 0.717) is 17.6 Å². The van der Waals surface area contributed by atoms with Crippen LogP contribution in [0, 0.1) is 0 Å². The minimum atomic E-state index is -3.79. The van der Waals surface area contributed by atoms with Crippen LogP contribution in [0.2, 0.25) is 5.02 Å². The maximum atomic E-state index is 13.3. The van der Waals surface area contributed by atoms with Gasteiger partial charge in [-0.05, 0) is 48.4 Å². The SMILES string of the molecule is CN(C)c1cccc2c(S(=O)(=O)Nc3ccc(C4=NCCc5cc(Cl)ccc54)cc3)cccc12. The molecule has 0 radical (unpaired) electrons. The predicted octanol–water partition coefficient (Wildman–Crippen LogP) is 5.75. The normalized spacial score (nSPS) is 13.3. The number of nitrogens with one attached hydrogen (secondary N) is 1. The number of fused-ring (bicyclic) bond motifs is 2. The lowest BCUT2D eigenvalue weighted by molar-refractivity contribution is 0.602. The van der Waals surface area contributed by atoms with Gasteiger partial charge in [-0.2, -0.15) is 0 Å². The first-order valence-corrected chi connectivity index (χ1v) is 12.9. The number of aliphatic imine (C=N–C) groups is 1. The topological polar surface area (TPSA) is 61.8 Å². The highest BCUT2D eigenvalue weighted by Gasteiger charge is 2.20. The Hall–Kier alpha value is -3.35. The van der Waals surface area contributed by atoms with Crippen LogP contribution in [0.1, 0.15) is 16.7 Å². The zero-order chi connectivity index (χ0) is 23.9. The van der Waals surface area contributed by atoms with Crippen LogP contribution in [-0.2, 0) is 16.4 Å². The summed E-state index contributed by atoms with van der Waals surface area (Å²) < 4.78 is 29.4. The Labute approximate surface area is 204 Å². The van der Waals surface area contributed by atoms with Crippen LogP contribution in [0.5, 0.6) is 0 Å². The van der Waals surface area contributed by atoms with Crippen molar-refractivity contribution in [3.63, 3.8) is 0 Å². The van der Waals surface area contributed by atoms with Crippen LogP contribution in [0.4, 0.5) is 11.4 Å². The molecule has 1 aliphatic heterocycles. The summed E-state index contributed by atoms with van der Waals surface area (Å²) in [5.74, 6) is 0. The standard InChI is InChI=1S/C27H24ClN3O2S/c1-31(2)25-7-3-6-24-23(25)5-4-8-26(24)34(32,33)30-21-12-9-18(10-13-21)27-22-14-11-20(28)17-19(22)15-16-29-27/h3-14,17,30H,15-16H2,1-2H3. The first-order valence-electron chi connectivity index (χ1n) is 11.0. The third kappa shape index (κ3) is 4.15. The molecule has 0 saturated carbocycles. The summed E-state index contributed by atoms with van der Waals surface area (Å²) >= 11 is 6.16. The van der Waals surface area contributed by atoms with Crippen LogP contribution < -0.4 is 9.62 Å². The lowest BCUT2D eigenvalue weighted by atomic mass is 9.93. The van der Waals surface area contributed by atoms with Crippen molar-refractivity contribution in [2.24, 2.45) is 4.99 Å². The van der Waals surface area contributed by atoms with Crippen molar-refractivity contribution in [2.75, 3.05) is 30.3 Å². The van der Waals surface area contributed by atoms with E-state index in [1.807, 2.05) is 73.6 Å². The Bertz CT molecular complexity index is 1530. The van der Waals surface area contributed by atoms with Gasteiger partial charge >= 0.3 is 0 Å². The minimum absolute atomic E-state index is 0.250. The summed E-state index contributed by atoms with van der Waals surface area (Å²) in [5, 5.41) is 2.29. The molecule has 0 unspecified atom stereocenters. The molecule has 0 spiro atoms. The molecule has 1 heterocycles. The fourth-order valence-electron chi connectivity index (χ4n) is 4.42. The third-order valence-electron chi connectivity index (χ3n) is 6.01. The zero-order valence-electron chi connectivity index (χ0n) is 18.9. The van der Waals surface area contributed by atoms with Crippen LogP contribution in [0.25, 0.3) is 10.8 Å². The van der Waals surface area contributed by atoms with Crippen molar-refractivity contribution in [1.29, 1.82) is 0 Å². The molecule has 4 aromatic carbocycles. The highest BCUT2D eigenvalue weighted by Crippen LogP contribution is 2.31. The Balaban J connectivity index is 1.45. The average molecular weight is 490 g/mol. The van der Waals surface area contributed by atoms with E-state index in [1.165, 1.54) is 5.56 Å². The molecule has 0 bridgehead atoms. The van der Waals surface area contributed by atoms with Crippen LogP contribution in [0.15, 0.2) is 88.8 Å². The second kappa shape index (κ2) is 8.78. The Morgan fingerprint density at radius 3 is 2.41 bits per heavy atom. The van der Waals surface area contributed by atoms with E-state index in [0.717, 1.165) is 39.4 Å². The molecule has 5 nitrogen and oxygen atoms in total. The van der Waals surface area contributed by atoms with Gasteiger partial charge in [0.15, 0.2) is 0 Å². The maximum Gasteiger partial charge on any atom is 0.262 e. The van der Waals surface area contributed by atoms with Crippen LogP contribution in [0.3, 0.4) is 0 Å². The Morgan fingerprint density at radius 2 is 1.65 bits per heavy atom. The quantitative estimate of drug-likeness (QED) is 0.388. The van der Waals surface area contributed by atoms with Crippen LogP contribution >= 0.6 is 11.6 Å². The highest BCUT2D eigenvalue weighted by atomic mass is 35.5. The second-order valence-electron chi connectivity index (χ2n) is 8.49. The predicted molar refractivity (Wildman–Crippen MR) is 141 cm³/mol. The van der Waals surface area contributed by atoms with E-state index >= 15 is 0 Å². The first-order chi connectivity index (χ1) is 16.3. The van der Waals surface area contributed by atoms with E-state index in [-0.39, 0.29) is 4.90 Å². The molecular weight excluding hydrogens is 466 g/mol. The Kier molecular flexibility index (Phi) is 5.80. The van der Waals surface area contributed by atoms with Gasteiger partial charge in [-0.3, -0.25) is 9.71 Å². The molecule has 0 atom stereocenters. The number of hydrogen-bond acceptors (Lipinski definition) is 4. The fourth-order valence-corrected chi connectivity index (χ4v) is 5.89. The third-order valence-corrected chi connectivity index (χ3v) is 7.69. The molecule has 0 amide bonds. The second-order valence-corrected chi connectivity index (χ2v) is 10.6. The van der Waals surface area contributed by atoms with E-state index in [1.54, 1.807) is 24.3 Å². The fraction of sp³-hybridized carbons (Fsp3) is 0.148. The van der Waals surface area contributed by atoms with Gasteiger partial charge in [0, 0.05) is 58.9 Å². The molecule has 4 aromatic rings. The summed E-state index contributed by atoms with van der Waals surface area (Å²) in [6, 6.07) is 24.2. The number of sulfonamides is 1. The number of anilines is 2. The van der Waals surface area contributed by atoms with Crippen molar-refractivity contribution >= 4 is 49.5 Å². The molecule has 172 valence electrons. The van der Waals surface area contributed by atoms with E-state index in [9.17, 15) is 8.42 Å². The number of rotatable bonds is 5. The van der Waals surface area contributed by atoms with Crippen molar-refractivity contribution in [3.8, 4) is 0 Å². The average Bonchev–Trinajstić information content (AvgIpc) is 2.83. The molecule has 0 fully saturated rings. The van der Waals surface area contributed by atoms with Crippen molar-refractivity contribution in [3.05, 3.63) is 101 Å². The number of nitrogens with zero attached hydrogens (tertiary/aromatic N) is 2. The molecule has 5 rings (SSSR count). The molecule has 0 aromatic heterocycles. The molecule has 0 aliphatic carbocycles. The van der Waals surface area contributed by atoms with Gasteiger partial charge in [-0.25, -0.2) is 8.42 Å². The highest BCUT2D eigenvalue weighted by molar-refractivity contribution is 7.93. The van der Waals surface area contributed by atoms with E-state index < -0.39 is 10.0 Å². The summed E-state index contributed by atoms with van der Waals surface area (Å²) in [5.41, 5.74) is 5.54. The molecule has 7 heteroatoms. The van der Waals surface area contributed by atoms with Gasteiger partial charge < -0.3 is 4.90 Å². The molecule has 0 saturated heterocycles. The zero-order valence-corrected chi connectivity index (χ0v) is 20.5. The van der Waals surface area contributed by atoms with Crippen molar-refractivity contribution in [1.82, 2.24) is 0 Å². The van der Waals surface area contributed by atoms with E-state index in [2.05, 4.69) is 4.72 Å². The Morgan fingerprint density at radius 1 is 0.912 bits per heavy atom. The largest absolute Gasteiger partial charge is 0.377 e. The molecule has 1 aliphatic rings. The van der Waals surface area contributed by atoms with Gasteiger partial charge in [-0.15, -0.1) is 0 Å². The molecular formula is C27H24ClN3O2S. The summed E-state index contributed by atoms with van der Waals surface area (Å²) in [6.07, 6.45) is 0.859. The molecule has 34 heavy (non-hydrogen) atoms. The maximum absolute atomic E-state index is 13.3. The lowest BCUT2D eigenvalue weighted by Crippen LogP contribution is -2.15. The summed E-state index contributed by atoms with van der Waals surface area (Å²) in [4.78, 5) is 6.94. The van der Waals surface area contributed by atoms with Gasteiger partial charge in [0.05, 0.1) is 10.6 Å². The van der Waals surface area contributed by atoms with E-state index in [4.69, 9.17) is 16.6 Å². The number of benzene rings is 4. The lowest BCUT2D eigenvalue weighted by Gasteiger charge is -2.18.